The Kier molecular flexibility index (Phi) is 29.5. The van der Waals surface area contributed by atoms with Crippen molar-refractivity contribution in [3.05, 3.63) is 197 Å². The Morgan fingerprint density at radius 2 is 1.25 bits per heavy atom. The van der Waals surface area contributed by atoms with Crippen LogP contribution in [0.5, 0.6) is 46.0 Å². The number of Topliss-reactive ketones (excluding diaryl/α,β-unsaturated/α-hetero) is 3. The quantitative estimate of drug-likeness (QED) is 0.0222. The number of rotatable bonds is 22. The lowest BCUT2D eigenvalue weighted by Crippen LogP contribution is -2.65. The van der Waals surface area contributed by atoms with E-state index in [1.54, 1.807) is 13.8 Å². The lowest BCUT2D eigenvalue weighted by atomic mass is 9.51. The molecule has 18 rings (SSSR count). The molecule has 1 saturated heterocycles. The van der Waals surface area contributed by atoms with Crippen molar-refractivity contribution >= 4 is 93.6 Å². The Labute approximate surface area is 793 Å². The molecule has 137 heavy (non-hydrogen) atoms. The Morgan fingerprint density at radius 1 is 0.657 bits per heavy atom. The number of nitro benzene ring substituents is 2. The molecule has 7 aromatic carbocycles. The number of ketones is 3. The van der Waals surface area contributed by atoms with Gasteiger partial charge in [-0.25, -0.2) is 9.59 Å². The highest BCUT2D eigenvalue weighted by molar-refractivity contribution is 6.32. The summed E-state index contributed by atoms with van der Waals surface area (Å²) in [5, 5.41) is 144. The second kappa shape index (κ2) is 40.9. The van der Waals surface area contributed by atoms with Gasteiger partial charge in [0, 0.05) is 93.1 Å². The SMILES string of the molecule is CC(C)C[C@H](C(=O)N[C@H]1C(=O)C[C@@H](CC(N)=O)C(=O)N[C@H]2C(=O)C[C@H]3C(=O)N[C@H](C(=O)N[C@H](C(=O)CC4C5CC6CC(C5)CC4C6)c4cc(O)cc(O)c4-c4cc3ccc4O)[C@H](O)c3ccc(c(Cl)c3)Oc3cc2cc(c3O[C@@H]2C[C@H](CO)[C@@H](O)[C@H](O)[C@H]2O[C@H]2C[C@](C)(NC(=O)OCc3ccc([N+](=O)[O-])cc3)[C@H](O)[C@H](C)O2)Oc2ccc(cc2Cl)[C@H]1O)N(C)C(=O)OCc1ccc([N+](=O)[O-])cc1. The molecule has 0 spiro atoms. The molecular formula is C96H105Cl2N9O30. The molecule has 6 aliphatic heterocycles. The molecule has 5 aliphatic carbocycles. The van der Waals surface area contributed by atoms with Crippen LogP contribution in [0.3, 0.4) is 0 Å². The average Bonchev–Trinajstić information content (AvgIpc) is 0.755. The maximum absolute atomic E-state index is 16.8. The number of primary amides is 1. The molecule has 18 atom stereocenters. The number of nitrogens with two attached hydrogens (primary N) is 1. The third-order valence-corrected chi connectivity index (χ3v) is 28.2. The number of alkyl carbamates (subject to hydrolysis) is 1. The summed E-state index contributed by atoms with van der Waals surface area (Å²) in [7, 11) is 1.21. The molecule has 0 aromatic heterocycles. The number of nitrogens with one attached hydrogen (secondary N) is 5. The van der Waals surface area contributed by atoms with Crippen LogP contribution < -0.4 is 46.5 Å². The second-order valence-corrected chi connectivity index (χ2v) is 38.3. The van der Waals surface area contributed by atoms with Gasteiger partial charge in [-0.1, -0.05) is 55.2 Å². The summed E-state index contributed by atoms with van der Waals surface area (Å²) in [5.74, 6) is -18.3. The number of aliphatic hydroxyl groups excluding tert-OH is 6. The van der Waals surface area contributed by atoms with E-state index in [4.69, 9.17) is 62.1 Å². The lowest BCUT2D eigenvalue weighted by molar-refractivity contribution is -0.385. The largest absolute Gasteiger partial charge is 0.508 e. The van der Waals surface area contributed by atoms with Crippen LogP contribution >= 0.6 is 23.2 Å². The van der Waals surface area contributed by atoms with E-state index in [0.29, 0.717) is 23.0 Å². The molecule has 0 unspecified atom stereocenters. The summed E-state index contributed by atoms with van der Waals surface area (Å²) in [5.41, 5.74) is 2.44. The molecule has 15 bridgehead atoms. The minimum absolute atomic E-state index is 0.109. The molecule has 5 saturated carbocycles. The minimum Gasteiger partial charge on any atom is -0.508 e. The van der Waals surface area contributed by atoms with Gasteiger partial charge >= 0.3 is 12.2 Å². The van der Waals surface area contributed by atoms with E-state index in [1.807, 2.05) is 0 Å². The molecule has 11 aliphatic rings. The van der Waals surface area contributed by atoms with Crippen LogP contribution in [0.4, 0.5) is 21.0 Å². The molecule has 7 aromatic rings. The van der Waals surface area contributed by atoms with Gasteiger partial charge in [0.05, 0.1) is 49.5 Å². The summed E-state index contributed by atoms with van der Waals surface area (Å²) in [4.78, 5) is 175. The first-order valence-corrected chi connectivity index (χ1v) is 45.7. The normalized spacial score (nSPS) is 28.7. The monoisotopic (exact) mass is 1930 g/mol. The standard InChI is InChI=1S/C96H105Cl2N9O30/c1-42(2)20-65(105(5)95(126)132-41-45-8-15-57(16-9-45)107(129)130)92(123)102-81-68(112)29-54(33-76(99)115)90(121)100-79-53-30-73(134-71-18-11-49(83(81)116)27-63(71)97)87(136-75-32-55(39-108)85(118)86(119)88(75)137-77-38-96(4,89(120)43(3)133-77)104-94(125)131-40-44-6-13-56(14-7-44)106(127)128)74(31-53)135-72-19-12-50(28-64(72)98)84(117)82-93(124)101-80(70(114)36-59-51-22-46-21-47(24-51)25-52(59)23-46)62-34-58(109)35-67(111)78(62)61-26-48(10-17-66(61)110)60(37-69(79)113)91(122)103-82/h6-19,26-28,30-31,34-35,42-43,46-47,51-52,54-55,59-60,65,75,77,79-86,88-89,108-111,116-120H,20-25,29,32-33,36-41H2,1-5H3,(H2,99,115)(H,100,121)(H,101,124)(H,102,123)(H,103,122)(H,104,125)/t43-,46?,47?,51?,52?,54-,55+,59?,60+,65+,75+,77-,79+,80-,81-,82-,83+,84+,85+,86-,88-,89+,96-/m0/s1. The number of aliphatic hydroxyl groups is 6. The molecule has 0 radical (unpaired) electrons. The average molecular weight is 1940 g/mol. The van der Waals surface area contributed by atoms with E-state index in [1.165, 1.54) is 106 Å². The van der Waals surface area contributed by atoms with E-state index in [-0.39, 0.29) is 86.8 Å². The number of phenolic OH excluding ortho intramolecular Hbond substituents is 3. The topological polar surface area (TPSA) is 593 Å². The number of amides is 7. The number of fused-ring (bicyclic) bond motifs is 15. The number of likely N-dealkylation sites (N-methyl/N-ethyl adjacent to an activating group) is 1. The van der Waals surface area contributed by atoms with Crippen LogP contribution in [-0.2, 0) is 70.5 Å². The van der Waals surface area contributed by atoms with Gasteiger partial charge in [-0.05, 0) is 212 Å². The third kappa shape index (κ3) is 21.5. The van der Waals surface area contributed by atoms with Gasteiger partial charge in [0.25, 0.3) is 11.4 Å². The first-order chi connectivity index (χ1) is 65.1. The fraction of sp³-hybridized carbons (Fsp3) is 0.458. The number of halogens is 2. The zero-order valence-corrected chi connectivity index (χ0v) is 76.3. The van der Waals surface area contributed by atoms with Gasteiger partial charge < -0.3 is 111 Å². The minimum atomic E-state index is -2.29. The summed E-state index contributed by atoms with van der Waals surface area (Å²) in [6, 6.07) is 15.0. The van der Waals surface area contributed by atoms with Crippen LogP contribution in [0.2, 0.25) is 10.0 Å². The first-order valence-electron chi connectivity index (χ1n) is 45.0. The number of hydrogen-bond acceptors (Lipinski definition) is 30. The number of hydrogen-bond donors (Lipinski definition) is 15. The zero-order valence-electron chi connectivity index (χ0n) is 74.8. The molecular weight excluding hydrogens is 1830 g/mol. The summed E-state index contributed by atoms with van der Waals surface area (Å²) in [6.45, 7) is 4.59. The highest BCUT2D eigenvalue weighted by Crippen LogP contribution is 2.59. The highest BCUT2D eigenvalue weighted by atomic mass is 35.5. The number of carbonyl (C=O) groups excluding carboxylic acids is 10. The molecule has 41 heteroatoms. The fourth-order valence-electron chi connectivity index (χ4n) is 20.6. The van der Waals surface area contributed by atoms with Crippen molar-refractivity contribution in [1.82, 2.24) is 31.5 Å². The van der Waals surface area contributed by atoms with Crippen LogP contribution in [0.15, 0.2) is 127 Å². The Balaban J connectivity index is 0.871. The van der Waals surface area contributed by atoms with Gasteiger partial charge in [0.1, 0.15) is 109 Å². The Bertz CT molecular complexity index is 5840. The van der Waals surface area contributed by atoms with E-state index in [2.05, 4.69) is 26.6 Å². The van der Waals surface area contributed by atoms with Crippen LogP contribution in [0, 0.1) is 67.6 Å². The molecule has 16 N–H and O–H groups in total. The van der Waals surface area contributed by atoms with Gasteiger partial charge in [0.2, 0.25) is 35.3 Å². The fourth-order valence-corrected chi connectivity index (χ4v) is 21.1. The number of nitro groups is 2. The number of phenols is 3. The van der Waals surface area contributed by atoms with Gasteiger partial charge in [-0.3, -0.25) is 63.5 Å². The van der Waals surface area contributed by atoms with Crippen molar-refractivity contribution in [2.75, 3.05) is 13.7 Å². The van der Waals surface area contributed by atoms with E-state index in [9.17, 15) is 80.6 Å². The van der Waals surface area contributed by atoms with Crippen molar-refractivity contribution in [3.63, 3.8) is 0 Å². The van der Waals surface area contributed by atoms with Crippen LogP contribution in [0.25, 0.3) is 11.1 Å². The van der Waals surface area contributed by atoms with Crippen molar-refractivity contribution in [3.8, 4) is 57.1 Å². The Hall–Kier alpha value is -12.7. The van der Waals surface area contributed by atoms with Crippen molar-refractivity contribution in [2.45, 2.75) is 215 Å². The highest BCUT2D eigenvalue weighted by Gasteiger charge is 2.54. The van der Waals surface area contributed by atoms with Gasteiger partial charge in [-0.15, -0.1) is 0 Å². The maximum Gasteiger partial charge on any atom is 0.410 e. The van der Waals surface area contributed by atoms with Crippen molar-refractivity contribution in [1.29, 1.82) is 0 Å². The third-order valence-electron chi connectivity index (χ3n) is 27.6. The summed E-state index contributed by atoms with van der Waals surface area (Å²) < 4.78 is 44.7. The number of benzene rings is 7. The maximum atomic E-state index is 16.8. The van der Waals surface area contributed by atoms with Crippen LogP contribution in [0.1, 0.15) is 174 Å². The number of carbonyl (C=O) groups is 10. The van der Waals surface area contributed by atoms with E-state index >= 15 is 33.6 Å². The zero-order chi connectivity index (χ0) is 98.4. The van der Waals surface area contributed by atoms with Crippen LogP contribution in [-0.4, -0.2) is 200 Å². The van der Waals surface area contributed by atoms with E-state index in [0.717, 1.165) is 79.5 Å². The van der Waals surface area contributed by atoms with Gasteiger partial charge in [0.15, 0.2) is 35.1 Å². The Morgan fingerprint density at radius 3 is 1.82 bits per heavy atom. The summed E-state index contributed by atoms with van der Waals surface area (Å²) in [6.07, 6.45) is -18.2. The molecule has 6 fully saturated rings. The van der Waals surface area contributed by atoms with E-state index < -0.39 is 285 Å². The number of non-ortho nitro benzene ring substituents is 2. The summed E-state index contributed by atoms with van der Waals surface area (Å²) >= 11 is 14.6. The lowest BCUT2D eigenvalue weighted by Gasteiger charge is -2.54. The molecule has 7 amide bonds. The van der Waals surface area contributed by atoms with Gasteiger partial charge in [-0.2, -0.15) is 0 Å². The number of nitrogens with zero attached hydrogens (tertiary/aromatic N) is 3. The number of aromatic hydroxyl groups is 3. The predicted molar refractivity (Wildman–Crippen MR) is 482 cm³/mol. The smallest absolute Gasteiger partial charge is 0.410 e. The molecule has 39 nitrogen and oxygen atoms in total. The van der Waals surface area contributed by atoms with Crippen molar-refractivity contribution < 1.29 is 137 Å². The molecule has 728 valence electrons. The van der Waals surface area contributed by atoms with Crippen molar-refractivity contribution in [2.24, 2.45) is 53.1 Å². The first kappa shape index (κ1) is 98.8. The predicted octanol–water partition coefficient (Wildman–Crippen LogP) is 9.53. The number of ether oxygens (including phenoxy) is 7. The molecule has 6 heterocycles. The second-order valence-electron chi connectivity index (χ2n) is 37.5.